The summed E-state index contributed by atoms with van der Waals surface area (Å²) in [6, 6.07) is 4.57. The third-order valence-corrected chi connectivity index (χ3v) is 1.27. The van der Waals surface area contributed by atoms with Crippen LogP contribution < -0.4 is 0 Å². The first-order valence-corrected chi connectivity index (χ1v) is 3.22. The van der Waals surface area contributed by atoms with Crippen molar-refractivity contribution in [2.24, 2.45) is 0 Å². The van der Waals surface area contributed by atoms with E-state index in [1.54, 1.807) is 0 Å². The second-order valence-corrected chi connectivity index (χ2v) is 2.12. The zero-order chi connectivity index (χ0) is 12.6. The fourth-order valence-corrected chi connectivity index (χ4v) is 0.752. The zero-order valence-corrected chi connectivity index (χ0v) is 6.11. The first-order chi connectivity index (χ1) is 7.15. The molecular formula is C9H10O3. The second-order valence-electron chi connectivity index (χ2n) is 2.12. The third kappa shape index (κ3) is 2.36. The minimum Gasteiger partial charge on any atom is -0.481 e. The number of aliphatic hydroxyl groups is 1. The van der Waals surface area contributed by atoms with Gasteiger partial charge in [0.05, 0.1) is 15.7 Å². The van der Waals surface area contributed by atoms with E-state index >= 15 is 0 Å². The molecule has 12 heavy (non-hydrogen) atoms. The first-order valence-electron chi connectivity index (χ1n) is 5.22. The number of benzene rings is 1. The van der Waals surface area contributed by atoms with Crippen LogP contribution in [0.5, 0.6) is 0 Å². The van der Waals surface area contributed by atoms with Crippen LogP contribution in [0.15, 0.2) is 24.3 Å². The van der Waals surface area contributed by atoms with Crippen molar-refractivity contribution >= 4 is 5.97 Å². The maximum absolute atomic E-state index is 10.6. The average molecular weight is 170 g/mol. The van der Waals surface area contributed by atoms with Crippen molar-refractivity contribution in [3.63, 3.8) is 0 Å². The largest absolute Gasteiger partial charge is 0.481 e. The lowest BCUT2D eigenvalue weighted by atomic mass is 10.1. The SMILES string of the molecule is [2H]C([2H])(O)c1ccc(C([2H])([2H])C(=O)O)cc1. The number of hydrogen-bond donors (Lipinski definition) is 2. The summed E-state index contributed by atoms with van der Waals surface area (Å²) in [7, 11) is 0. The number of carboxylic acids is 1. The van der Waals surface area contributed by atoms with Gasteiger partial charge in [-0.25, -0.2) is 0 Å². The Morgan fingerprint density at radius 3 is 2.25 bits per heavy atom. The molecule has 0 spiro atoms. The summed E-state index contributed by atoms with van der Waals surface area (Å²) in [5.41, 5.74) is -0.162. The lowest BCUT2D eigenvalue weighted by Crippen LogP contribution is -1.99. The smallest absolute Gasteiger partial charge is 0.307 e. The molecule has 0 saturated heterocycles. The molecule has 1 aromatic carbocycles. The van der Waals surface area contributed by atoms with Crippen LogP contribution in [0, 0.1) is 0 Å². The quantitative estimate of drug-likeness (QED) is 0.705. The van der Waals surface area contributed by atoms with Gasteiger partial charge in [0.25, 0.3) is 0 Å². The standard InChI is InChI=1S/C9H10O3/c10-6-8-3-1-7(2-4-8)5-9(11)12/h1-4,10H,5-6H2,(H,11,12)/i5D2,6D2. The molecule has 3 nitrogen and oxygen atoms in total. The molecule has 0 unspecified atom stereocenters. The molecule has 0 heterocycles. The summed E-state index contributed by atoms with van der Waals surface area (Å²) in [5.74, 6) is -1.62. The van der Waals surface area contributed by atoms with E-state index in [0.29, 0.717) is 0 Å². The monoisotopic (exact) mass is 170 g/mol. The number of carboxylic acid groups (broad SMARTS) is 1. The van der Waals surface area contributed by atoms with E-state index < -0.39 is 18.9 Å². The number of aliphatic carboxylic acids is 1. The van der Waals surface area contributed by atoms with E-state index in [1.807, 2.05) is 0 Å². The van der Waals surface area contributed by atoms with Gasteiger partial charge in [-0.3, -0.25) is 4.79 Å². The predicted octanol–water partition coefficient (Wildman–Crippen LogP) is 0.806. The Balaban J connectivity index is 3.09. The topological polar surface area (TPSA) is 57.5 Å². The van der Waals surface area contributed by atoms with Gasteiger partial charge in [0, 0.05) is 2.74 Å². The molecule has 3 heteroatoms. The zero-order valence-electron chi connectivity index (χ0n) is 10.1. The molecule has 1 aromatic rings. The van der Waals surface area contributed by atoms with Crippen molar-refractivity contribution in [3.05, 3.63) is 35.4 Å². The van der Waals surface area contributed by atoms with Gasteiger partial charge in [-0.15, -0.1) is 0 Å². The molecule has 0 aliphatic rings. The molecule has 0 atom stereocenters. The van der Waals surface area contributed by atoms with Crippen LogP contribution >= 0.6 is 0 Å². The van der Waals surface area contributed by atoms with Gasteiger partial charge < -0.3 is 10.2 Å². The lowest BCUT2D eigenvalue weighted by molar-refractivity contribution is -0.136. The van der Waals surface area contributed by atoms with Crippen LogP contribution in [0.2, 0.25) is 0 Å². The maximum atomic E-state index is 10.6. The van der Waals surface area contributed by atoms with Crippen LogP contribution in [-0.2, 0) is 17.7 Å². The Labute approximate surface area is 75.9 Å². The Hall–Kier alpha value is -1.35. The van der Waals surface area contributed by atoms with Crippen LogP contribution in [0.3, 0.4) is 0 Å². The molecule has 1 rings (SSSR count). The fourth-order valence-electron chi connectivity index (χ4n) is 0.752. The molecule has 0 fully saturated rings. The maximum Gasteiger partial charge on any atom is 0.307 e. The summed E-state index contributed by atoms with van der Waals surface area (Å²) >= 11 is 0. The Bertz CT molecular complexity index is 394. The van der Waals surface area contributed by atoms with Crippen molar-refractivity contribution in [2.45, 2.75) is 12.9 Å². The molecule has 0 bridgehead atoms. The number of rotatable bonds is 3. The van der Waals surface area contributed by atoms with E-state index in [2.05, 4.69) is 0 Å². The normalized spacial score (nSPS) is 17.1. The van der Waals surface area contributed by atoms with Gasteiger partial charge >= 0.3 is 5.97 Å². The summed E-state index contributed by atoms with van der Waals surface area (Å²) < 4.78 is 28.5. The number of hydrogen-bond acceptors (Lipinski definition) is 2. The third-order valence-electron chi connectivity index (χ3n) is 1.27. The van der Waals surface area contributed by atoms with Crippen LogP contribution in [0.1, 0.15) is 16.6 Å². The Kier molecular flexibility index (Phi) is 1.49. The predicted molar refractivity (Wildman–Crippen MR) is 43.7 cm³/mol. The Morgan fingerprint density at radius 1 is 1.33 bits per heavy atom. The minimum absolute atomic E-state index is 0.0579. The van der Waals surface area contributed by atoms with Crippen molar-refractivity contribution in [3.8, 4) is 0 Å². The van der Waals surface area contributed by atoms with Crippen LogP contribution in [0.25, 0.3) is 0 Å². The minimum atomic E-state index is -2.53. The molecule has 0 aromatic heterocycles. The Morgan fingerprint density at radius 2 is 1.83 bits per heavy atom. The highest BCUT2D eigenvalue weighted by molar-refractivity contribution is 5.70. The summed E-state index contributed by atoms with van der Waals surface area (Å²) in [6.07, 6.45) is -2.53. The molecule has 64 valence electrons. The lowest BCUT2D eigenvalue weighted by Gasteiger charge is -1.98. The summed E-state index contributed by atoms with van der Waals surface area (Å²) in [6.45, 7) is -2.52. The highest BCUT2D eigenvalue weighted by Crippen LogP contribution is 2.04. The van der Waals surface area contributed by atoms with Gasteiger partial charge in [-0.05, 0) is 11.1 Å². The van der Waals surface area contributed by atoms with E-state index in [-0.39, 0.29) is 11.1 Å². The highest BCUT2D eigenvalue weighted by Gasteiger charge is 1.99. The van der Waals surface area contributed by atoms with Crippen molar-refractivity contribution < 1.29 is 20.5 Å². The molecule has 2 N–H and O–H groups in total. The van der Waals surface area contributed by atoms with E-state index in [1.165, 1.54) is 0 Å². The molecule has 0 aliphatic carbocycles. The number of carbonyl (C=O) groups is 1. The van der Waals surface area contributed by atoms with Crippen LogP contribution in [-0.4, -0.2) is 16.2 Å². The van der Waals surface area contributed by atoms with Crippen molar-refractivity contribution in [2.75, 3.05) is 0 Å². The summed E-state index contributed by atoms with van der Waals surface area (Å²) in [4.78, 5) is 10.6. The summed E-state index contributed by atoms with van der Waals surface area (Å²) in [5, 5.41) is 17.6. The van der Waals surface area contributed by atoms with Gasteiger partial charge in [0.1, 0.15) is 0 Å². The highest BCUT2D eigenvalue weighted by atomic mass is 16.4. The molecule has 0 amide bonds. The van der Waals surface area contributed by atoms with Crippen molar-refractivity contribution in [1.29, 1.82) is 0 Å². The average Bonchev–Trinajstić information content (AvgIpc) is 2.16. The molecule has 0 radical (unpaired) electrons. The molecule has 0 aliphatic heterocycles. The molecular weight excluding hydrogens is 156 g/mol. The van der Waals surface area contributed by atoms with Gasteiger partial charge in [-0.2, -0.15) is 0 Å². The fraction of sp³-hybridized carbons (Fsp3) is 0.222. The van der Waals surface area contributed by atoms with Crippen molar-refractivity contribution in [1.82, 2.24) is 0 Å². The van der Waals surface area contributed by atoms with Gasteiger partial charge in [0.15, 0.2) is 0 Å². The van der Waals surface area contributed by atoms with E-state index in [4.69, 9.17) is 15.7 Å². The second kappa shape index (κ2) is 3.88. The first kappa shape index (κ1) is 4.62. The molecule has 0 saturated carbocycles. The van der Waals surface area contributed by atoms with E-state index in [9.17, 15) is 4.79 Å². The van der Waals surface area contributed by atoms with Gasteiger partial charge in [-0.1, -0.05) is 24.3 Å². The van der Waals surface area contributed by atoms with E-state index in [0.717, 1.165) is 24.3 Å². The van der Waals surface area contributed by atoms with Crippen LogP contribution in [0.4, 0.5) is 0 Å². The van der Waals surface area contributed by atoms with Gasteiger partial charge in [0.2, 0.25) is 0 Å².